The van der Waals surface area contributed by atoms with Gasteiger partial charge in [0.25, 0.3) is 0 Å². The van der Waals surface area contributed by atoms with Gasteiger partial charge in [0, 0.05) is 17.1 Å². The molecule has 4 nitrogen and oxygen atoms in total. The minimum Gasteiger partial charge on any atom is -0.460 e. The highest BCUT2D eigenvalue weighted by atomic mass is 16.3. The van der Waals surface area contributed by atoms with Crippen molar-refractivity contribution in [3.8, 4) is 0 Å². The second-order valence-electron chi connectivity index (χ2n) is 6.33. The van der Waals surface area contributed by atoms with Crippen molar-refractivity contribution in [1.82, 2.24) is 0 Å². The number of rotatable bonds is 1. The van der Waals surface area contributed by atoms with Crippen LogP contribution >= 0.6 is 0 Å². The molecule has 1 aromatic heterocycles. The van der Waals surface area contributed by atoms with Crippen molar-refractivity contribution in [3.05, 3.63) is 34.8 Å². The molecule has 1 N–H and O–H groups in total. The molecule has 3 rings (SSSR count). The molecule has 19 heavy (non-hydrogen) atoms. The molecule has 0 aliphatic heterocycles. The normalized spacial score (nSPS) is 31.7. The maximum absolute atomic E-state index is 12.4. The number of aliphatic hydroxyl groups is 1. The van der Waals surface area contributed by atoms with Gasteiger partial charge in [-0.3, -0.25) is 9.59 Å². The first-order valence-corrected chi connectivity index (χ1v) is 6.35. The van der Waals surface area contributed by atoms with E-state index in [1.165, 1.54) is 6.26 Å². The summed E-state index contributed by atoms with van der Waals surface area (Å²) in [6, 6.07) is 0. The van der Waals surface area contributed by atoms with Gasteiger partial charge in [-0.25, -0.2) is 0 Å². The van der Waals surface area contributed by atoms with E-state index < -0.39 is 5.60 Å². The van der Waals surface area contributed by atoms with Gasteiger partial charge in [-0.05, 0) is 18.8 Å². The number of aldehydes is 1. The van der Waals surface area contributed by atoms with Crippen molar-refractivity contribution in [2.24, 2.45) is 11.3 Å². The Hall–Kier alpha value is -1.68. The van der Waals surface area contributed by atoms with Crippen molar-refractivity contribution in [2.75, 3.05) is 0 Å². The first-order valence-electron chi connectivity index (χ1n) is 6.35. The number of fused-ring (bicyclic) bond motifs is 2. The second-order valence-corrected chi connectivity index (χ2v) is 6.33. The highest BCUT2D eigenvalue weighted by Gasteiger charge is 2.52. The standard InChI is InChI=1S/C15H16O4/c1-14(2)4-8-10(5-14)15(3,18)12-9(13(8)17)7-19-11(12)6-16/h4,6-7,10,18H,5H2,1-3H3/t10-,15+/m0/s1. The van der Waals surface area contributed by atoms with Crippen LogP contribution in [0.4, 0.5) is 0 Å². The summed E-state index contributed by atoms with van der Waals surface area (Å²) in [4.78, 5) is 23.5. The molecule has 0 saturated carbocycles. The molecule has 0 bridgehead atoms. The van der Waals surface area contributed by atoms with Gasteiger partial charge >= 0.3 is 0 Å². The van der Waals surface area contributed by atoms with Crippen molar-refractivity contribution in [2.45, 2.75) is 32.8 Å². The van der Waals surface area contributed by atoms with Gasteiger partial charge in [0.2, 0.25) is 0 Å². The summed E-state index contributed by atoms with van der Waals surface area (Å²) in [5.41, 5.74) is -0.0753. The fourth-order valence-corrected chi connectivity index (χ4v) is 3.42. The molecule has 4 heteroatoms. The summed E-state index contributed by atoms with van der Waals surface area (Å²) < 4.78 is 5.11. The average molecular weight is 260 g/mol. The number of carbonyl (C=O) groups is 2. The third-order valence-electron chi connectivity index (χ3n) is 4.27. The molecule has 1 aromatic rings. The lowest BCUT2D eigenvalue weighted by Crippen LogP contribution is -2.40. The summed E-state index contributed by atoms with van der Waals surface area (Å²) in [6.07, 6.45) is 4.45. The predicted octanol–water partition coefficient (Wildman–Crippen LogP) is 2.47. The molecule has 0 spiro atoms. The van der Waals surface area contributed by atoms with Crippen molar-refractivity contribution in [1.29, 1.82) is 0 Å². The number of hydrogen-bond donors (Lipinski definition) is 1. The zero-order valence-electron chi connectivity index (χ0n) is 11.2. The molecular weight excluding hydrogens is 244 g/mol. The van der Waals surface area contributed by atoms with E-state index in [1.54, 1.807) is 6.92 Å². The van der Waals surface area contributed by atoms with Crippen molar-refractivity contribution < 1.29 is 19.1 Å². The molecule has 2 aliphatic carbocycles. The Morgan fingerprint density at radius 2 is 2.11 bits per heavy atom. The molecule has 1 heterocycles. The Balaban J connectivity index is 2.26. The maximum Gasteiger partial charge on any atom is 0.192 e. The first-order chi connectivity index (χ1) is 8.78. The number of carbonyl (C=O) groups excluding carboxylic acids is 2. The second kappa shape index (κ2) is 3.45. The van der Waals surface area contributed by atoms with Crippen LogP contribution in [0.3, 0.4) is 0 Å². The Morgan fingerprint density at radius 3 is 2.74 bits per heavy atom. The van der Waals surface area contributed by atoms with Crippen LogP contribution in [-0.2, 0) is 5.60 Å². The monoisotopic (exact) mass is 260 g/mol. The number of Topliss-reactive ketones (excluding diaryl/α,β-unsaturated/α-hetero) is 1. The van der Waals surface area contributed by atoms with Gasteiger partial charge < -0.3 is 9.52 Å². The van der Waals surface area contributed by atoms with Crippen LogP contribution in [0.15, 0.2) is 22.3 Å². The molecule has 0 aromatic carbocycles. The number of hydrogen-bond acceptors (Lipinski definition) is 4. The summed E-state index contributed by atoms with van der Waals surface area (Å²) in [7, 11) is 0. The summed E-state index contributed by atoms with van der Waals surface area (Å²) >= 11 is 0. The van der Waals surface area contributed by atoms with Crippen molar-refractivity contribution in [3.63, 3.8) is 0 Å². The molecule has 2 aliphatic rings. The zero-order valence-corrected chi connectivity index (χ0v) is 11.2. The quantitative estimate of drug-likeness (QED) is 0.788. The minimum atomic E-state index is -1.24. The molecule has 0 saturated heterocycles. The van der Waals surface area contributed by atoms with Crippen LogP contribution in [0.1, 0.15) is 53.7 Å². The predicted molar refractivity (Wildman–Crippen MR) is 68.0 cm³/mol. The smallest absolute Gasteiger partial charge is 0.192 e. The Morgan fingerprint density at radius 1 is 1.42 bits per heavy atom. The van der Waals surface area contributed by atoms with Crippen LogP contribution in [0, 0.1) is 11.3 Å². The van der Waals surface area contributed by atoms with E-state index in [9.17, 15) is 14.7 Å². The Kier molecular flexibility index (Phi) is 2.24. The van der Waals surface area contributed by atoms with Gasteiger partial charge in [0.05, 0.1) is 11.2 Å². The number of furan rings is 1. The minimum absolute atomic E-state index is 0.0529. The number of ketones is 1. The van der Waals surface area contributed by atoms with Crippen LogP contribution in [0.2, 0.25) is 0 Å². The van der Waals surface area contributed by atoms with Crippen LogP contribution in [-0.4, -0.2) is 17.2 Å². The topological polar surface area (TPSA) is 67.5 Å². The first kappa shape index (κ1) is 12.4. The fraction of sp³-hybridized carbons (Fsp3) is 0.467. The molecule has 0 unspecified atom stereocenters. The fourth-order valence-electron chi connectivity index (χ4n) is 3.42. The van der Waals surface area contributed by atoms with E-state index in [-0.39, 0.29) is 22.9 Å². The van der Waals surface area contributed by atoms with Gasteiger partial charge in [0.1, 0.15) is 6.26 Å². The molecule has 0 amide bonds. The van der Waals surface area contributed by atoms with E-state index in [0.29, 0.717) is 29.4 Å². The molecule has 0 fully saturated rings. The number of allylic oxidation sites excluding steroid dienone is 1. The van der Waals surface area contributed by atoms with E-state index in [4.69, 9.17) is 4.42 Å². The van der Waals surface area contributed by atoms with Gasteiger partial charge in [-0.15, -0.1) is 0 Å². The van der Waals surface area contributed by atoms with Gasteiger partial charge in [-0.2, -0.15) is 0 Å². The van der Waals surface area contributed by atoms with Crippen molar-refractivity contribution >= 4 is 12.1 Å². The largest absolute Gasteiger partial charge is 0.460 e. The van der Waals surface area contributed by atoms with Crippen LogP contribution in [0.5, 0.6) is 0 Å². The maximum atomic E-state index is 12.4. The average Bonchev–Trinajstić information content (AvgIpc) is 2.88. The Labute approximate surface area is 111 Å². The van der Waals surface area contributed by atoms with E-state index in [1.807, 2.05) is 19.9 Å². The molecule has 100 valence electrons. The molecule has 0 radical (unpaired) electrons. The highest BCUT2D eigenvalue weighted by molar-refractivity contribution is 6.12. The van der Waals surface area contributed by atoms with E-state index in [2.05, 4.69) is 0 Å². The zero-order chi connectivity index (χ0) is 14.0. The Bertz CT molecular complexity index is 616. The third kappa shape index (κ3) is 1.49. The van der Waals surface area contributed by atoms with E-state index >= 15 is 0 Å². The summed E-state index contributed by atoms with van der Waals surface area (Å²) in [6.45, 7) is 5.73. The van der Waals surface area contributed by atoms with Gasteiger partial charge in [-0.1, -0.05) is 19.9 Å². The lowest BCUT2D eigenvalue weighted by molar-refractivity contribution is -0.00291. The van der Waals surface area contributed by atoms with Crippen LogP contribution < -0.4 is 0 Å². The summed E-state index contributed by atoms with van der Waals surface area (Å²) in [5, 5.41) is 10.8. The lowest BCUT2D eigenvalue weighted by Gasteiger charge is -2.36. The lowest BCUT2D eigenvalue weighted by atomic mass is 9.70. The SMILES string of the molecule is CC1(C)C=C2C(=O)c3coc(C=O)c3[C@](C)(O)[C@H]2C1. The molecular formula is C15H16O4. The highest BCUT2D eigenvalue weighted by Crippen LogP contribution is 2.53. The van der Waals surface area contributed by atoms with Crippen LogP contribution in [0.25, 0.3) is 0 Å². The van der Waals surface area contributed by atoms with Gasteiger partial charge in [0.15, 0.2) is 17.8 Å². The third-order valence-corrected chi connectivity index (χ3v) is 4.27. The summed E-state index contributed by atoms with van der Waals surface area (Å²) in [5.74, 6) is -0.357. The molecule has 2 atom stereocenters. The van der Waals surface area contributed by atoms with E-state index in [0.717, 1.165) is 0 Å².